The summed E-state index contributed by atoms with van der Waals surface area (Å²) in [6, 6.07) is 11.5. The van der Waals surface area contributed by atoms with Crippen LogP contribution in [0.25, 0.3) is 17.0 Å². The molecule has 8 nitrogen and oxygen atoms in total. The highest BCUT2D eigenvalue weighted by Gasteiger charge is 2.34. The molecule has 0 bridgehead atoms. The molecule has 0 saturated heterocycles. The number of hydrogen-bond acceptors (Lipinski definition) is 7. The van der Waals surface area contributed by atoms with Crippen molar-refractivity contribution in [2.45, 2.75) is 19.9 Å². The Hall–Kier alpha value is -3.28. The molecule has 1 aliphatic heterocycles. The molecule has 5 rings (SSSR count). The summed E-state index contributed by atoms with van der Waals surface area (Å²) in [6.07, 6.45) is 1.67. The number of para-hydroxylation sites is 1. The van der Waals surface area contributed by atoms with Gasteiger partial charge in [0.15, 0.2) is 10.6 Å². The van der Waals surface area contributed by atoms with Crippen LogP contribution in [0.1, 0.15) is 31.2 Å². The number of halogens is 2. The second-order valence-electron chi connectivity index (χ2n) is 7.98. The number of benzene rings is 2. The van der Waals surface area contributed by atoms with E-state index in [1.165, 1.54) is 11.5 Å². The highest BCUT2D eigenvalue weighted by atomic mass is 79.9. The van der Waals surface area contributed by atoms with Gasteiger partial charge in [0.2, 0.25) is 0 Å². The van der Waals surface area contributed by atoms with Crippen LogP contribution in [0.2, 0.25) is 0 Å². The topological polar surface area (TPSA) is 111 Å². The molecule has 0 saturated carbocycles. The van der Waals surface area contributed by atoms with Crippen molar-refractivity contribution in [3.8, 4) is 5.75 Å². The largest absolute Gasteiger partial charge is 0.478 e. The number of rotatable bonds is 4. The number of furan rings is 1. The van der Waals surface area contributed by atoms with Gasteiger partial charge in [0, 0.05) is 12.3 Å². The van der Waals surface area contributed by atoms with Crippen molar-refractivity contribution in [2.75, 3.05) is 0 Å². The number of carboxylic acid groups (broad SMARTS) is 1. The van der Waals surface area contributed by atoms with Crippen LogP contribution in [0, 0.1) is 0 Å². The Morgan fingerprint density at radius 1 is 1.19 bits per heavy atom. The average Bonchev–Trinajstić information content (AvgIpc) is 3.36. The number of aromatic nitrogens is 1. The summed E-state index contributed by atoms with van der Waals surface area (Å²) in [4.78, 5) is 42.0. The van der Waals surface area contributed by atoms with Crippen LogP contribution in [0.5, 0.6) is 5.75 Å². The van der Waals surface area contributed by atoms with Crippen molar-refractivity contribution in [3.63, 3.8) is 0 Å². The number of aliphatic carboxylic acids is 1. The van der Waals surface area contributed by atoms with Gasteiger partial charge >= 0.3 is 11.9 Å². The van der Waals surface area contributed by atoms with Crippen molar-refractivity contribution < 1.29 is 23.8 Å². The number of thiazole rings is 1. The monoisotopic (exact) mass is 630 g/mol. The Labute approximate surface area is 224 Å². The third-order valence-electron chi connectivity index (χ3n) is 5.53. The van der Waals surface area contributed by atoms with Crippen LogP contribution in [-0.4, -0.2) is 21.6 Å². The van der Waals surface area contributed by atoms with E-state index in [9.17, 15) is 19.5 Å². The Kier molecular flexibility index (Phi) is 6.31. The second kappa shape index (κ2) is 9.30. The van der Waals surface area contributed by atoms with Gasteiger partial charge in [0.05, 0.1) is 24.7 Å². The first kappa shape index (κ1) is 24.4. The van der Waals surface area contributed by atoms with Crippen molar-refractivity contribution in [2.24, 2.45) is 4.99 Å². The maximum absolute atomic E-state index is 13.6. The van der Waals surface area contributed by atoms with Gasteiger partial charge in [0.25, 0.3) is 5.56 Å². The predicted molar refractivity (Wildman–Crippen MR) is 141 cm³/mol. The first-order chi connectivity index (χ1) is 17.1. The predicted octanol–water partition coefficient (Wildman–Crippen LogP) is 4.52. The number of ether oxygens (including phenoxy) is 1. The number of carbonyl (C=O) groups excluding carboxylic acids is 1. The Morgan fingerprint density at radius 2 is 1.89 bits per heavy atom. The quantitative estimate of drug-likeness (QED) is 0.262. The van der Waals surface area contributed by atoms with E-state index in [1.807, 2.05) is 18.2 Å². The van der Waals surface area contributed by atoms with Crippen molar-refractivity contribution in [1.29, 1.82) is 0 Å². The summed E-state index contributed by atoms with van der Waals surface area (Å²) in [5.74, 6) is -0.975. The minimum Gasteiger partial charge on any atom is -0.478 e. The third-order valence-corrected chi connectivity index (χ3v) is 7.69. The molecule has 1 atom stereocenters. The van der Waals surface area contributed by atoms with Gasteiger partial charge < -0.3 is 14.3 Å². The molecule has 2 aromatic heterocycles. The number of nitrogens with zero attached hydrogens (tertiary/aromatic N) is 2. The van der Waals surface area contributed by atoms with Gasteiger partial charge in [-0.15, -0.1) is 0 Å². The molecule has 182 valence electrons. The zero-order valence-electron chi connectivity index (χ0n) is 18.7. The minimum absolute atomic E-state index is 0.0239. The molecule has 3 heterocycles. The lowest BCUT2D eigenvalue weighted by Crippen LogP contribution is -2.39. The highest BCUT2D eigenvalue weighted by Crippen LogP contribution is 2.36. The molecular weight excluding hydrogens is 616 g/mol. The van der Waals surface area contributed by atoms with E-state index in [2.05, 4.69) is 36.9 Å². The van der Waals surface area contributed by atoms with E-state index in [0.717, 1.165) is 16.7 Å². The third kappa shape index (κ3) is 4.27. The second-order valence-corrected chi connectivity index (χ2v) is 10.7. The number of allylic oxidation sites excluding steroid dienone is 1. The fourth-order valence-corrected chi connectivity index (χ4v) is 6.49. The van der Waals surface area contributed by atoms with E-state index >= 15 is 0 Å². The van der Waals surface area contributed by atoms with Gasteiger partial charge in [0.1, 0.15) is 17.4 Å². The normalized spacial score (nSPS) is 15.7. The summed E-state index contributed by atoms with van der Waals surface area (Å²) < 4.78 is 14.0. The molecule has 36 heavy (non-hydrogen) atoms. The zero-order valence-corrected chi connectivity index (χ0v) is 22.7. The first-order valence-electron chi connectivity index (χ1n) is 10.6. The lowest BCUT2D eigenvalue weighted by Gasteiger charge is -2.20. The number of hydrogen-bond donors (Lipinski definition) is 1. The van der Waals surface area contributed by atoms with E-state index in [-0.39, 0.29) is 5.57 Å². The highest BCUT2D eigenvalue weighted by molar-refractivity contribution is 9.11. The van der Waals surface area contributed by atoms with E-state index < -0.39 is 23.5 Å². The van der Waals surface area contributed by atoms with Gasteiger partial charge in [-0.25, -0.2) is 9.79 Å². The van der Waals surface area contributed by atoms with Gasteiger partial charge in [-0.1, -0.05) is 29.5 Å². The van der Waals surface area contributed by atoms with Crippen LogP contribution in [0.4, 0.5) is 0 Å². The molecule has 0 aliphatic carbocycles. The summed E-state index contributed by atoms with van der Waals surface area (Å²) >= 11 is 7.94. The molecule has 4 aromatic rings. The van der Waals surface area contributed by atoms with Crippen LogP contribution in [-0.2, 0) is 9.59 Å². The lowest BCUT2D eigenvalue weighted by molar-refractivity contribution is -0.133. The summed E-state index contributed by atoms with van der Waals surface area (Å²) in [5, 5.41) is 10.8. The molecule has 1 aliphatic rings. The first-order valence-corrected chi connectivity index (χ1v) is 13.0. The summed E-state index contributed by atoms with van der Waals surface area (Å²) in [6.45, 7) is 2.91. The number of esters is 1. The SMILES string of the molecule is CC(=O)Oc1c(Br)cc(C=c2sc3n(c2=O)C(c2cc4ccccc4o2)C(C(=O)O)=C(C)N=3)cc1Br. The molecule has 0 radical (unpaired) electrons. The molecular formula is C25H16Br2N2O6S. The minimum atomic E-state index is -1.18. The van der Waals surface area contributed by atoms with E-state index in [0.29, 0.717) is 46.6 Å². The summed E-state index contributed by atoms with van der Waals surface area (Å²) in [7, 11) is 0. The Balaban J connectivity index is 1.70. The molecule has 11 heteroatoms. The number of carbonyl (C=O) groups is 2. The molecule has 0 spiro atoms. The molecule has 2 aromatic carbocycles. The maximum atomic E-state index is 13.6. The van der Waals surface area contributed by atoms with Gasteiger partial charge in [-0.3, -0.25) is 14.2 Å². The van der Waals surface area contributed by atoms with Crippen LogP contribution in [0.15, 0.2) is 76.9 Å². The fraction of sp³-hybridized carbons (Fsp3) is 0.120. The standard InChI is InChI=1S/C25H16Br2N2O6S/c1-11-20(24(32)33)21(18-10-14-5-3-4-6-17(14)35-18)29-23(31)19(36-25(29)28-11)9-13-7-15(26)22(16(27)8-13)34-12(2)30/h3-10,21H,1-2H3,(H,32,33). The van der Waals surface area contributed by atoms with Gasteiger partial charge in [-0.2, -0.15) is 0 Å². The van der Waals surface area contributed by atoms with Crippen molar-refractivity contribution in [1.82, 2.24) is 4.57 Å². The van der Waals surface area contributed by atoms with Crippen molar-refractivity contribution >= 4 is 72.2 Å². The van der Waals surface area contributed by atoms with E-state index in [4.69, 9.17) is 9.15 Å². The lowest BCUT2D eigenvalue weighted by atomic mass is 10.0. The van der Waals surface area contributed by atoms with Crippen LogP contribution < -0.4 is 19.6 Å². The zero-order chi connectivity index (χ0) is 25.7. The van der Waals surface area contributed by atoms with Gasteiger partial charge in [-0.05, 0) is 74.7 Å². The Bertz CT molecular complexity index is 1740. The van der Waals surface area contributed by atoms with Crippen LogP contribution >= 0.6 is 43.2 Å². The number of fused-ring (bicyclic) bond motifs is 2. The molecule has 1 N–H and O–H groups in total. The Morgan fingerprint density at radius 3 is 2.53 bits per heavy atom. The smallest absolute Gasteiger partial charge is 0.336 e. The van der Waals surface area contributed by atoms with E-state index in [1.54, 1.807) is 37.3 Å². The average molecular weight is 632 g/mol. The fourth-order valence-electron chi connectivity index (χ4n) is 4.06. The molecule has 1 unspecified atom stereocenters. The van der Waals surface area contributed by atoms with Crippen LogP contribution in [0.3, 0.4) is 0 Å². The van der Waals surface area contributed by atoms with Crippen molar-refractivity contribution in [3.05, 3.63) is 93.7 Å². The maximum Gasteiger partial charge on any atom is 0.336 e. The molecule has 0 fully saturated rings. The summed E-state index contributed by atoms with van der Waals surface area (Å²) in [5.41, 5.74) is 1.13. The number of carboxylic acids is 1. The molecule has 0 amide bonds.